The van der Waals surface area contributed by atoms with Crippen LogP contribution in [-0.2, 0) is 0 Å². The zero-order valence-corrected chi connectivity index (χ0v) is 30.2. The van der Waals surface area contributed by atoms with Gasteiger partial charge in [0.2, 0.25) is 0 Å². The van der Waals surface area contributed by atoms with Gasteiger partial charge in [0.25, 0.3) is 0 Å². The number of anilines is 2. The minimum absolute atomic E-state index is 0.190. The molecule has 1 atom stereocenters. The molecule has 3 aliphatic heterocycles. The average molecular weight is 642 g/mol. The van der Waals surface area contributed by atoms with Gasteiger partial charge in [0.1, 0.15) is 0 Å². The number of likely N-dealkylation sites (tertiary alicyclic amines) is 1. The number of carbonyl (C=O) groups is 2. The maximum atomic E-state index is 14.0. The van der Waals surface area contributed by atoms with E-state index in [1.165, 1.54) is 23.4 Å². The van der Waals surface area contributed by atoms with Gasteiger partial charge in [-0.15, -0.1) is 0 Å². The highest BCUT2D eigenvalue weighted by atomic mass is 16.2. The van der Waals surface area contributed by atoms with Crippen LogP contribution in [-0.4, -0.2) is 79.6 Å². The van der Waals surface area contributed by atoms with Crippen LogP contribution in [0.5, 0.6) is 0 Å². The Bertz CT molecular complexity index is 1330. The molecule has 3 aliphatic rings. The van der Waals surface area contributed by atoms with Gasteiger partial charge in [-0.1, -0.05) is 108 Å². The Morgan fingerprint density at radius 3 is 1.85 bits per heavy atom. The molecule has 0 aliphatic carbocycles. The Morgan fingerprint density at radius 2 is 1.26 bits per heavy atom. The molecule has 0 bridgehead atoms. The van der Waals surface area contributed by atoms with Gasteiger partial charge in [0.15, 0.2) is 0 Å². The van der Waals surface area contributed by atoms with E-state index in [0.29, 0.717) is 25.0 Å². The maximum Gasteiger partial charge on any atom is 0.333 e. The predicted octanol–water partition coefficient (Wildman–Crippen LogP) is 9.16. The lowest BCUT2D eigenvalue weighted by molar-refractivity contribution is 0.111. The molecule has 1 unspecified atom stereocenters. The van der Waals surface area contributed by atoms with Crippen LogP contribution in [0.25, 0.3) is 0 Å². The lowest BCUT2D eigenvalue weighted by Crippen LogP contribution is -2.56. The van der Waals surface area contributed by atoms with E-state index >= 15 is 0 Å². The quantitative estimate of drug-likeness (QED) is 0.279. The van der Waals surface area contributed by atoms with Gasteiger partial charge in [0.05, 0.1) is 11.7 Å². The molecule has 3 aromatic rings. The van der Waals surface area contributed by atoms with Crippen molar-refractivity contribution >= 4 is 23.4 Å². The number of piperidine rings is 2. The number of benzene rings is 3. The summed E-state index contributed by atoms with van der Waals surface area (Å²) >= 11 is 0. The Kier molecular flexibility index (Phi) is 15.3. The van der Waals surface area contributed by atoms with Crippen molar-refractivity contribution in [2.45, 2.75) is 79.3 Å². The van der Waals surface area contributed by atoms with Crippen molar-refractivity contribution in [3.05, 3.63) is 96.1 Å². The molecule has 7 heteroatoms. The topological polar surface area (TPSA) is 50.3 Å². The fraction of sp³-hybridized carbons (Fsp3) is 0.500. The van der Waals surface area contributed by atoms with Crippen molar-refractivity contribution in [2.75, 3.05) is 56.6 Å². The molecule has 256 valence electrons. The van der Waals surface area contributed by atoms with E-state index < -0.39 is 6.04 Å². The Morgan fingerprint density at radius 1 is 0.723 bits per heavy atom. The van der Waals surface area contributed by atoms with Crippen LogP contribution in [0.2, 0.25) is 0 Å². The summed E-state index contributed by atoms with van der Waals surface area (Å²) in [6.07, 6.45) is 4.28. The number of imide groups is 1. The number of fused-ring (bicyclic) bond motifs is 1. The summed E-state index contributed by atoms with van der Waals surface area (Å²) in [4.78, 5) is 37.7. The molecule has 0 saturated carbocycles. The largest absolute Gasteiger partial charge is 0.371 e. The summed E-state index contributed by atoms with van der Waals surface area (Å²) in [5.74, 6) is 0.557. The SMILES string of the molecule is CC.CC.CC.CN1C(=O)N(C(=O)N2CCC(CN(C)C3CCN(c4ccccc4)CC3)CC2)C(c2ccccc2)c2ccccc21. The van der Waals surface area contributed by atoms with Crippen molar-refractivity contribution < 1.29 is 9.59 Å². The lowest BCUT2D eigenvalue weighted by Gasteiger charge is -2.44. The van der Waals surface area contributed by atoms with Crippen LogP contribution in [0, 0.1) is 5.92 Å². The standard InChI is InChI=1S/C34H41N5O2.3C2H6/c1-35(28-19-23-37(24-20-28)29-13-7-4-8-14-29)25-26-17-21-38(22-18-26)34(41)39-32(27-11-5-3-6-12-27)30-15-9-10-16-31(30)36(2)33(39)40;3*1-2/h3-16,26,28,32H,17-25H2,1-2H3;3*1-2H3. The number of carbonyl (C=O) groups excluding carboxylic acids is 2. The summed E-state index contributed by atoms with van der Waals surface area (Å²) < 4.78 is 0. The van der Waals surface area contributed by atoms with Crippen LogP contribution in [0.15, 0.2) is 84.9 Å². The van der Waals surface area contributed by atoms with E-state index in [4.69, 9.17) is 0 Å². The fourth-order valence-corrected chi connectivity index (χ4v) is 6.91. The van der Waals surface area contributed by atoms with E-state index in [-0.39, 0.29) is 12.1 Å². The highest BCUT2D eigenvalue weighted by Crippen LogP contribution is 2.40. The number of hydrogen-bond donors (Lipinski definition) is 0. The molecule has 7 nitrogen and oxygen atoms in total. The van der Waals surface area contributed by atoms with Gasteiger partial charge in [-0.25, -0.2) is 14.5 Å². The summed E-state index contributed by atoms with van der Waals surface area (Å²) in [6.45, 7) is 16.6. The summed E-state index contributed by atoms with van der Waals surface area (Å²) in [7, 11) is 4.03. The second-order valence-corrected chi connectivity index (χ2v) is 11.8. The molecule has 6 rings (SSSR count). The second kappa shape index (κ2) is 19.1. The predicted molar refractivity (Wildman–Crippen MR) is 198 cm³/mol. The van der Waals surface area contributed by atoms with E-state index in [2.05, 4.69) is 47.2 Å². The molecule has 0 spiro atoms. The monoisotopic (exact) mass is 641 g/mol. The molecule has 3 aromatic carbocycles. The van der Waals surface area contributed by atoms with Crippen LogP contribution >= 0.6 is 0 Å². The van der Waals surface area contributed by atoms with Crippen molar-refractivity contribution in [3.8, 4) is 0 Å². The Hall–Kier alpha value is -3.84. The minimum Gasteiger partial charge on any atom is -0.371 e. The summed E-state index contributed by atoms with van der Waals surface area (Å²) in [5.41, 5.74) is 4.10. The third kappa shape index (κ3) is 8.95. The second-order valence-electron chi connectivity index (χ2n) is 11.8. The molecule has 47 heavy (non-hydrogen) atoms. The van der Waals surface area contributed by atoms with Crippen molar-refractivity contribution in [3.63, 3.8) is 0 Å². The van der Waals surface area contributed by atoms with E-state index in [1.807, 2.05) is 101 Å². The average Bonchev–Trinajstić information content (AvgIpc) is 3.16. The zero-order chi connectivity index (χ0) is 34.3. The van der Waals surface area contributed by atoms with Gasteiger partial charge in [-0.2, -0.15) is 0 Å². The number of para-hydroxylation sites is 2. The van der Waals surface area contributed by atoms with Gasteiger partial charge in [-0.3, -0.25) is 4.90 Å². The number of hydrogen-bond acceptors (Lipinski definition) is 4. The highest BCUT2D eigenvalue weighted by Gasteiger charge is 2.43. The smallest absolute Gasteiger partial charge is 0.333 e. The van der Waals surface area contributed by atoms with Crippen molar-refractivity contribution in [1.29, 1.82) is 0 Å². The molecular formula is C40H59N5O2. The first-order valence-corrected chi connectivity index (χ1v) is 18.0. The number of urea groups is 2. The minimum atomic E-state index is -0.436. The van der Waals surface area contributed by atoms with E-state index in [0.717, 1.165) is 49.3 Å². The summed E-state index contributed by atoms with van der Waals surface area (Å²) in [6, 6.07) is 28.2. The Labute approximate surface area is 285 Å². The zero-order valence-electron chi connectivity index (χ0n) is 30.2. The number of amides is 4. The molecule has 0 radical (unpaired) electrons. The van der Waals surface area contributed by atoms with Gasteiger partial charge >= 0.3 is 12.1 Å². The van der Waals surface area contributed by atoms with Gasteiger partial charge in [-0.05, 0) is 62.4 Å². The van der Waals surface area contributed by atoms with Crippen LogP contribution in [0.4, 0.5) is 21.0 Å². The normalized spacial score (nSPS) is 18.2. The number of rotatable bonds is 5. The molecule has 4 amide bonds. The highest BCUT2D eigenvalue weighted by molar-refractivity contribution is 6.05. The maximum absolute atomic E-state index is 14.0. The first kappa shape index (κ1) is 37.6. The first-order chi connectivity index (χ1) is 23.0. The molecule has 0 N–H and O–H groups in total. The Balaban J connectivity index is 0.000000947. The van der Waals surface area contributed by atoms with Gasteiger partial charge in [0, 0.05) is 57.1 Å². The van der Waals surface area contributed by atoms with Crippen molar-refractivity contribution in [2.24, 2.45) is 5.92 Å². The molecule has 2 saturated heterocycles. The van der Waals surface area contributed by atoms with Crippen molar-refractivity contribution in [1.82, 2.24) is 14.7 Å². The molecule has 2 fully saturated rings. The molecule has 3 heterocycles. The van der Waals surface area contributed by atoms with Crippen LogP contribution in [0.3, 0.4) is 0 Å². The van der Waals surface area contributed by atoms with Crippen LogP contribution in [0.1, 0.15) is 84.4 Å². The molecular weight excluding hydrogens is 582 g/mol. The van der Waals surface area contributed by atoms with Gasteiger partial charge < -0.3 is 14.7 Å². The molecule has 0 aromatic heterocycles. The number of nitrogens with zero attached hydrogens (tertiary/aromatic N) is 5. The third-order valence-corrected chi connectivity index (χ3v) is 9.31. The van der Waals surface area contributed by atoms with E-state index in [1.54, 1.807) is 11.9 Å². The third-order valence-electron chi connectivity index (χ3n) is 9.31. The fourth-order valence-electron chi connectivity index (χ4n) is 6.91. The van der Waals surface area contributed by atoms with E-state index in [9.17, 15) is 9.59 Å². The first-order valence-electron chi connectivity index (χ1n) is 18.0. The van der Waals surface area contributed by atoms with Crippen LogP contribution < -0.4 is 9.80 Å². The summed E-state index contributed by atoms with van der Waals surface area (Å²) in [5, 5.41) is 0. The lowest BCUT2D eigenvalue weighted by atomic mass is 9.92.